The van der Waals surface area contributed by atoms with Gasteiger partial charge in [-0.2, -0.15) is 0 Å². The first-order valence-electron chi connectivity index (χ1n) is 9.53. The molecule has 7 heteroatoms. The van der Waals surface area contributed by atoms with Gasteiger partial charge in [0.2, 0.25) is 0 Å². The van der Waals surface area contributed by atoms with Crippen LogP contribution in [-0.2, 0) is 16.0 Å². The van der Waals surface area contributed by atoms with Crippen LogP contribution in [0.15, 0.2) is 29.3 Å². The van der Waals surface area contributed by atoms with Gasteiger partial charge in [0.15, 0.2) is 5.96 Å². The van der Waals surface area contributed by atoms with E-state index in [1.807, 2.05) is 12.1 Å². The van der Waals surface area contributed by atoms with Crippen LogP contribution in [0.2, 0.25) is 0 Å². The van der Waals surface area contributed by atoms with Crippen molar-refractivity contribution in [1.82, 2.24) is 10.6 Å². The van der Waals surface area contributed by atoms with Crippen LogP contribution in [0, 0.1) is 0 Å². The third kappa shape index (κ3) is 13.7. The number of methoxy groups -OCH3 is 1. The second-order valence-corrected chi connectivity index (χ2v) is 6.01. The lowest BCUT2D eigenvalue weighted by atomic mass is 10.2. The Kier molecular flexibility index (Phi) is 17.6. The molecule has 0 unspecified atom stereocenters. The summed E-state index contributed by atoms with van der Waals surface area (Å²) in [5.74, 6) is 1.68. The van der Waals surface area contributed by atoms with Gasteiger partial charge in [-0.1, -0.05) is 25.5 Å². The van der Waals surface area contributed by atoms with Crippen LogP contribution in [0.3, 0.4) is 0 Å². The number of benzene rings is 1. The zero-order valence-corrected chi connectivity index (χ0v) is 19.3. The van der Waals surface area contributed by atoms with Gasteiger partial charge in [0.05, 0.1) is 6.61 Å². The summed E-state index contributed by atoms with van der Waals surface area (Å²) in [7, 11) is 3.48. The average Bonchev–Trinajstić information content (AvgIpc) is 2.67. The molecule has 0 fully saturated rings. The predicted octanol–water partition coefficient (Wildman–Crippen LogP) is 3.59. The first-order valence-corrected chi connectivity index (χ1v) is 9.53. The molecule has 0 saturated carbocycles. The maximum atomic E-state index is 5.73. The minimum Gasteiger partial charge on any atom is -0.493 e. The molecule has 0 spiro atoms. The highest BCUT2D eigenvalue weighted by molar-refractivity contribution is 14.0. The number of nitrogens with zero attached hydrogens (tertiary/aromatic N) is 1. The van der Waals surface area contributed by atoms with Gasteiger partial charge >= 0.3 is 0 Å². The van der Waals surface area contributed by atoms with Crippen molar-refractivity contribution in [1.29, 1.82) is 0 Å². The molecule has 0 bridgehead atoms. The number of halogens is 1. The van der Waals surface area contributed by atoms with Crippen LogP contribution in [0.5, 0.6) is 5.75 Å². The van der Waals surface area contributed by atoms with Crippen LogP contribution >= 0.6 is 24.0 Å². The van der Waals surface area contributed by atoms with Gasteiger partial charge < -0.3 is 24.8 Å². The smallest absolute Gasteiger partial charge is 0.191 e. The van der Waals surface area contributed by atoms with Gasteiger partial charge in [-0.15, -0.1) is 24.0 Å². The number of hydrogen-bond donors (Lipinski definition) is 2. The van der Waals surface area contributed by atoms with E-state index in [2.05, 4.69) is 34.7 Å². The first-order chi connectivity index (χ1) is 12.8. The Morgan fingerprint density at radius 2 is 1.85 bits per heavy atom. The molecular weight excluding hydrogens is 457 g/mol. The van der Waals surface area contributed by atoms with Gasteiger partial charge in [0.1, 0.15) is 5.75 Å². The van der Waals surface area contributed by atoms with Crippen LogP contribution in [-0.4, -0.2) is 53.1 Å². The van der Waals surface area contributed by atoms with Crippen molar-refractivity contribution < 1.29 is 14.2 Å². The van der Waals surface area contributed by atoms with Gasteiger partial charge in [-0.25, -0.2) is 0 Å². The van der Waals surface area contributed by atoms with Gasteiger partial charge in [-0.3, -0.25) is 4.99 Å². The predicted molar refractivity (Wildman–Crippen MR) is 122 cm³/mol. The highest BCUT2D eigenvalue weighted by atomic mass is 127. The van der Waals surface area contributed by atoms with E-state index in [4.69, 9.17) is 14.2 Å². The number of nitrogens with one attached hydrogen (secondary N) is 2. The Hall–Kier alpha value is -1.06. The molecule has 0 aromatic heterocycles. The van der Waals surface area contributed by atoms with Crippen molar-refractivity contribution in [3.05, 3.63) is 29.8 Å². The average molecular weight is 493 g/mol. The lowest BCUT2D eigenvalue weighted by molar-refractivity contribution is 0.129. The molecule has 0 aliphatic carbocycles. The fourth-order valence-corrected chi connectivity index (χ4v) is 2.27. The molecule has 27 heavy (non-hydrogen) atoms. The van der Waals surface area contributed by atoms with Crippen molar-refractivity contribution in [3.8, 4) is 5.75 Å². The molecule has 0 heterocycles. The van der Waals surface area contributed by atoms with Crippen LogP contribution < -0.4 is 15.4 Å². The van der Waals surface area contributed by atoms with E-state index in [0.717, 1.165) is 56.3 Å². The lowest BCUT2D eigenvalue weighted by Crippen LogP contribution is -2.37. The van der Waals surface area contributed by atoms with E-state index in [1.165, 1.54) is 6.42 Å². The molecule has 0 radical (unpaired) electrons. The van der Waals surface area contributed by atoms with Crippen molar-refractivity contribution in [2.45, 2.75) is 39.2 Å². The molecule has 2 N–H and O–H groups in total. The number of guanidine groups is 1. The van der Waals surface area contributed by atoms with E-state index < -0.39 is 0 Å². The highest BCUT2D eigenvalue weighted by Gasteiger charge is 2.00. The fourth-order valence-electron chi connectivity index (χ4n) is 2.27. The zero-order valence-electron chi connectivity index (χ0n) is 17.0. The molecule has 1 rings (SSSR count). The Labute approximate surface area is 181 Å². The van der Waals surface area contributed by atoms with Gasteiger partial charge in [-0.05, 0) is 30.5 Å². The second-order valence-electron chi connectivity index (χ2n) is 6.01. The SMILES string of the molecule is CCCCOCCCNC(=NC)NCc1cccc(OCCCOC)c1.I. The fraction of sp³-hybridized carbons (Fsp3) is 0.650. The molecule has 0 aliphatic heterocycles. The molecule has 0 saturated heterocycles. The number of rotatable bonds is 14. The summed E-state index contributed by atoms with van der Waals surface area (Å²) >= 11 is 0. The molecule has 0 amide bonds. The number of unbranched alkanes of at least 4 members (excludes halogenated alkanes) is 1. The second kappa shape index (κ2) is 18.3. The zero-order chi connectivity index (χ0) is 18.9. The largest absolute Gasteiger partial charge is 0.493 e. The van der Waals surface area contributed by atoms with E-state index in [1.54, 1.807) is 14.2 Å². The van der Waals surface area contributed by atoms with Crippen molar-refractivity contribution in [3.63, 3.8) is 0 Å². The maximum absolute atomic E-state index is 5.73. The molecule has 1 aromatic rings. The van der Waals surface area contributed by atoms with Crippen molar-refractivity contribution >= 4 is 29.9 Å². The van der Waals surface area contributed by atoms with Gasteiger partial charge in [0, 0.05) is 53.5 Å². The summed E-state index contributed by atoms with van der Waals surface area (Å²) in [6.45, 7) is 6.72. The minimum absolute atomic E-state index is 0. The summed E-state index contributed by atoms with van der Waals surface area (Å²) in [6.07, 6.45) is 4.16. The van der Waals surface area contributed by atoms with Crippen molar-refractivity contribution in [2.75, 3.05) is 47.1 Å². The minimum atomic E-state index is 0. The Bertz CT molecular complexity index is 501. The van der Waals surface area contributed by atoms with E-state index in [9.17, 15) is 0 Å². The molecule has 6 nitrogen and oxygen atoms in total. The summed E-state index contributed by atoms with van der Waals surface area (Å²) < 4.78 is 16.3. The van der Waals surface area contributed by atoms with E-state index in [-0.39, 0.29) is 24.0 Å². The maximum Gasteiger partial charge on any atom is 0.191 e. The normalized spacial score (nSPS) is 11.0. The Morgan fingerprint density at radius 3 is 2.59 bits per heavy atom. The number of aliphatic imine (C=N–C) groups is 1. The summed E-state index contributed by atoms with van der Waals surface area (Å²) in [5, 5.41) is 6.63. The van der Waals surface area contributed by atoms with E-state index in [0.29, 0.717) is 19.8 Å². The highest BCUT2D eigenvalue weighted by Crippen LogP contribution is 2.13. The van der Waals surface area contributed by atoms with Gasteiger partial charge in [0.25, 0.3) is 0 Å². The standard InChI is InChI=1S/C20H35N3O3.HI/c1-4-5-13-25-14-7-11-22-20(21-2)23-17-18-9-6-10-19(16-18)26-15-8-12-24-3;/h6,9-10,16H,4-5,7-8,11-15,17H2,1-3H3,(H2,21,22,23);1H. The topological polar surface area (TPSA) is 64.1 Å². The molecule has 0 atom stereocenters. The molecular formula is C20H36IN3O3. The number of ether oxygens (including phenoxy) is 3. The summed E-state index contributed by atoms with van der Waals surface area (Å²) in [5.41, 5.74) is 1.15. The lowest BCUT2D eigenvalue weighted by Gasteiger charge is -2.13. The molecule has 1 aromatic carbocycles. The number of hydrogen-bond acceptors (Lipinski definition) is 4. The quantitative estimate of drug-likeness (QED) is 0.180. The van der Waals surface area contributed by atoms with Crippen LogP contribution in [0.25, 0.3) is 0 Å². The van der Waals surface area contributed by atoms with E-state index >= 15 is 0 Å². The molecule has 0 aliphatic rings. The third-order valence-electron chi connectivity index (χ3n) is 3.74. The van der Waals surface area contributed by atoms with Crippen molar-refractivity contribution in [2.24, 2.45) is 4.99 Å². The summed E-state index contributed by atoms with van der Waals surface area (Å²) in [6, 6.07) is 8.10. The summed E-state index contributed by atoms with van der Waals surface area (Å²) in [4.78, 5) is 4.25. The Morgan fingerprint density at radius 1 is 1.04 bits per heavy atom. The van der Waals surface area contributed by atoms with Crippen LogP contribution in [0.1, 0.15) is 38.2 Å². The Balaban J connectivity index is 0.00000676. The van der Waals surface area contributed by atoms with Crippen LogP contribution in [0.4, 0.5) is 0 Å². The third-order valence-corrected chi connectivity index (χ3v) is 3.74. The molecule has 156 valence electrons. The first kappa shape index (κ1) is 25.9. The monoisotopic (exact) mass is 493 g/mol.